The molecular formula is C15H26N2O2. The molecular weight excluding hydrogens is 240 g/mol. The maximum Gasteiger partial charge on any atom is 0.0637 e. The first-order valence-electron chi connectivity index (χ1n) is 6.78. The summed E-state index contributed by atoms with van der Waals surface area (Å²) in [6.45, 7) is 4.29. The van der Waals surface area contributed by atoms with Gasteiger partial charge in [-0.25, -0.2) is 0 Å². The first-order valence-corrected chi connectivity index (χ1v) is 6.78. The van der Waals surface area contributed by atoms with Crippen molar-refractivity contribution in [3.05, 3.63) is 29.8 Å². The van der Waals surface area contributed by atoms with E-state index in [0.717, 1.165) is 39.3 Å². The Labute approximate surface area is 116 Å². The fraction of sp³-hybridized carbons (Fsp3) is 0.600. The van der Waals surface area contributed by atoms with Gasteiger partial charge in [-0.1, -0.05) is 18.2 Å². The molecule has 0 heterocycles. The standard InChI is InChI=1S/C15H26N2O2/c1-16-13-14-7-4-5-8-15(14)17(10-12-19-3)9-6-11-18-2/h4-5,7-8,16H,6,9-13H2,1-3H3. The van der Waals surface area contributed by atoms with Crippen LogP contribution in [-0.2, 0) is 16.0 Å². The van der Waals surface area contributed by atoms with Crippen LogP contribution in [0.25, 0.3) is 0 Å². The molecule has 1 aromatic carbocycles. The molecule has 1 aromatic rings. The average Bonchev–Trinajstić information content (AvgIpc) is 2.44. The van der Waals surface area contributed by atoms with E-state index in [2.05, 4.69) is 34.5 Å². The fourth-order valence-electron chi connectivity index (χ4n) is 2.11. The van der Waals surface area contributed by atoms with Gasteiger partial charge in [0.25, 0.3) is 0 Å². The highest BCUT2D eigenvalue weighted by atomic mass is 16.5. The zero-order valence-electron chi connectivity index (χ0n) is 12.3. The topological polar surface area (TPSA) is 33.7 Å². The van der Waals surface area contributed by atoms with Gasteiger partial charge in [0.15, 0.2) is 0 Å². The van der Waals surface area contributed by atoms with Gasteiger partial charge in [0.2, 0.25) is 0 Å². The summed E-state index contributed by atoms with van der Waals surface area (Å²) < 4.78 is 10.4. The minimum Gasteiger partial charge on any atom is -0.385 e. The molecule has 108 valence electrons. The van der Waals surface area contributed by atoms with E-state index in [1.165, 1.54) is 11.3 Å². The Kier molecular flexibility index (Phi) is 8.21. The van der Waals surface area contributed by atoms with Crippen LogP contribution in [-0.4, -0.2) is 47.6 Å². The summed E-state index contributed by atoms with van der Waals surface area (Å²) in [5.74, 6) is 0. The number of hydrogen-bond acceptors (Lipinski definition) is 4. The number of rotatable bonds is 10. The van der Waals surface area contributed by atoms with Crippen molar-refractivity contribution in [3.63, 3.8) is 0 Å². The molecule has 0 spiro atoms. The lowest BCUT2D eigenvalue weighted by molar-refractivity contribution is 0.191. The largest absolute Gasteiger partial charge is 0.385 e. The molecule has 0 radical (unpaired) electrons. The van der Waals surface area contributed by atoms with Crippen LogP contribution < -0.4 is 10.2 Å². The van der Waals surface area contributed by atoms with Crippen molar-refractivity contribution < 1.29 is 9.47 Å². The van der Waals surface area contributed by atoms with E-state index in [0.29, 0.717) is 0 Å². The van der Waals surface area contributed by atoms with E-state index >= 15 is 0 Å². The zero-order valence-corrected chi connectivity index (χ0v) is 12.3. The second-order valence-electron chi connectivity index (χ2n) is 4.49. The van der Waals surface area contributed by atoms with Gasteiger partial charge in [-0.05, 0) is 25.1 Å². The quantitative estimate of drug-likeness (QED) is 0.656. The van der Waals surface area contributed by atoms with Crippen molar-refractivity contribution in [1.29, 1.82) is 0 Å². The molecule has 0 saturated carbocycles. The Morgan fingerprint density at radius 3 is 2.47 bits per heavy atom. The Morgan fingerprint density at radius 2 is 1.79 bits per heavy atom. The third-order valence-corrected chi connectivity index (χ3v) is 3.04. The Morgan fingerprint density at radius 1 is 1.05 bits per heavy atom. The minimum absolute atomic E-state index is 0.737. The van der Waals surface area contributed by atoms with Gasteiger partial charge in [-0.3, -0.25) is 0 Å². The molecule has 0 aromatic heterocycles. The summed E-state index contributed by atoms with van der Waals surface area (Å²) in [4.78, 5) is 2.37. The van der Waals surface area contributed by atoms with Crippen molar-refractivity contribution in [2.24, 2.45) is 0 Å². The summed E-state index contributed by atoms with van der Waals surface area (Å²) in [6.07, 6.45) is 1.02. The molecule has 0 saturated heterocycles. The second kappa shape index (κ2) is 9.78. The van der Waals surface area contributed by atoms with Gasteiger partial charge in [0, 0.05) is 46.1 Å². The normalized spacial score (nSPS) is 10.7. The lowest BCUT2D eigenvalue weighted by Crippen LogP contribution is -2.30. The van der Waals surface area contributed by atoms with E-state index in [-0.39, 0.29) is 0 Å². The van der Waals surface area contributed by atoms with E-state index in [1.54, 1.807) is 14.2 Å². The first-order chi connectivity index (χ1) is 9.33. The molecule has 0 fully saturated rings. The Bertz CT molecular complexity index is 345. The van der Waals surface area contributed by atoms with Crippen LogP contribution in [0.1, 0.15) is 12.0 Å². The van der Waals surface area contributed by atoms with Crippen molar-refractivity contribution >= 4 is 5.69 Å². The molecule has 1 N–H and O–H groups in total. The van der Waals surface area contributed by atoms with Crippen LogP contribution in [0.15, 0.2) is 24.3 Å². The summed E-state index contributed by atoms with van der Waals surface area (Å²) in [7, 11) is 5.46. The predicted octanol–water partition coefficient (Wildman–Crippen LogP) is 1.90. The van der Waals surface area contributed by atoms with Gasteiger partial charge in [-0.15, -0.1) is 0 Å². The number of benzene rings is 1. The number of ether oxygens (including phenoxy) is 2. The second-order valence-corrected chi connectivity index (χ2v) is 4.49. The number of hydrogen-bond donors (Lipinski definition) is 1. The zero-order chi connectivity index (χ0) is 13.9. The lowest BCUT2D eigenvalue weighted by atomic mass is 10.1. The minimum atomic E-state index is 0.737. The SMILES string of the molecule is CNCc1ccccc1N(CCCOC)CCOC. The number of nitrogens with zero attached hydrogens (tertiary/aromatic N) is 1. The van der Waals surface area contributed by atoms with Crippen LogP contribution in [0.2, 0.25) is 0 Å². The first kappa shape index (κ1) is 16.0. The van der Waals surface area contributed by atoms with Crippen LogP contribution in [0, 0.1) is 0 Å². The van der Waals surface area contributed by atoms with Gasteiger partial charge < -0.3 is 19.7 Å². The van der Waals surface area contributed by atoms with Crippen LogP contribution in [0.3, 0.4) is 0 Å². The molecule has 0 aliphatic rings. The van der Waals surface area contributed by atoms with Crippen LogP contribution >= 0.6 is 0 Å². The highest BCUT2D eigenvalue weighted by molar-refractivity contribution is 5.53. The van der Waals surface area contributed by atoms with Crippen molar-refractivity contribution in [2.45, 2.75) is 13.0 Å². The maximum absolute atomic E-state index is 5.21. The molecule has 0 bridgehead atoms. The fourth-order valence-corrected chi connectivity index (χ4v) is 2.11. The highest BCUT2D eigenvalue weighted by Gasteiger charge is 2.10. The Balaban J connectivity index is 2.76. The van der Waals surface area contributed by atoms with E-state index in [9.17, 15) is 0 Å². The van der Waals surface area contributed by atoms with Gasteiger partial charge >= 0.3 is 0 Å². The molecule has 0 aliphatic heterocycles. The van der Waals surface area contributed by atoms with Crippen molar-refractivity contribution in [2.75, 3.05) is 52.5 Å². The summed E-state index contributed by atoms with van der Waals surface area (Å²) in [6, 6.07) is 8.52. The molecule has 0 atom stereocenters. The molecule has 19 heavy (non-hydrogen) atoms. The van der Waals surface area contributed by atoms with E-state index < -0.39 is 0 Å². The third-order valence-electron chi connectivity index (χ3n) is 3.04. The van der Waals surface area contributed by atoms with Crippen molar-refractivity contribution in [3.8, 4) is 0 Å². The molecule has 4 nitrogen and oxygen atoms in total. The maximum atomic E-state index is 5.21. The average molecular weight is 266 g/mol. The molecule has 0 unspecified atom stereocenters. The summed E-state index contributed by atoms with van der Waals surface area (Å²) in [5.41, 5.74) is 2.60. The third kappa shape index (κ3) is 5.59. The molecule has 0 amide bonds. The van der Waals surface area contributed by atoms with Gasteiger partial charge in [0.1, 0.15) is 0 Å². The van der Waals surface area contributed by atoms with E-state index in [4.69, 9.17) is 9.47 Å². The van der Waals surface area contributed by atoms with E-state index in [1.807, 2.05) is 7.05 Å². The highest BCUT2D eigenvalue weighted by Crippen LogP contribution is 2.20. The predicted molar refractivity (Wildman–Crippen MR) is 79.8 cm³/mol. The van der Waals surface area contributed by atoms with Gasteiger partial charge in [0.05, 0.1) is 6.61 Å². The summed E-state index contributed by atoms with van der Waals surface area (Å²) >= 11 is 0. The lowest BCUT2D eigenvalue weighted by Gasteiger charge is -2.27. The number of nitrogens with one attached hydrogen (secondary N) is 1. The van der Waals surface area contributed by atoms with Gasteiger partial charge in [-0.2, -0.15) is 0 Å². The Hall–Kier alpha value is -1.10. The number of para-hydroxylation sites is 1. The number of methoxy groups -OCH3 is 2. The smallest absolute Gasteiger partial charge is 0.0637 e. The molecule has 1 rings (SSSR count). The summed E-state index contributed by atoms with van der Waals surface area (Å²) in [5, 5.41) is 3.22. The monoisotopic (exact) mass is 266 g/mol. The number of anilines is 1. The van der Waals surface area contributed by atoms with Crippen molar-refractivity contribution in [1.82, 2.24) is 5.32 Å². The van der Waals surface area contributed by atoms with Crippen LogP contribution in [0.4, 0.5) is 5.69 Å². The molecule has 4 heteroatoms. The molecule has 0 aliphatic carbocycles. The van der Waals surface area contributed by atoms with Crippen LogP contribution in [0.5, 0.6) is 0 Å².